The lowest BCUT2D eigenvalue weighted by molar-refractivity contribution is 0.256. The number of aryl methyl sites for hydroxylation is 1. The summed E-state index contributed by atoms with van der Waals surface area (Å²) in [7, 11) is 0. The van der Waals surface area contributed by atoms with E-state index in [1.165, 1.54) is 25.7 Å². The first-order valence-corrected chi connectivity index (χ1v) is 6.72. The van der Waals surface area contributed by atoms with Gasteiger partial charge in [0.05, 0.1) is 6.04 Å². The third-order valence-corrected chi connectivity index (χ3v) is 4.55. The highest BCUT2D eigenvalue weighted by Crippen LogP contribution is 2.36. The molecule has 1 unspecified atom stereocenters. The Morgan fingerprint density at radius 2 is 2.07 bits per heavy atom. The molecule has 3 heteroatoms. The van der Waals surface area contributed by atoms with E-state index < -0.39 is 0 Å². The molecular weight excluding hydrogens is 204 g/mol. The number of nitrogens with zero attached hydrogens (tertiary/aromatic N) is 1. The highest BCUT2D eigenvalue weighted by Gasteiger charge is 2.26. The molecule has 15 heavy (non-hydrogen) atoms. The maximum absolute atomic E-state index is 6.28. The Morgan fingerprint density at radius 1 is 1.40 bits per heavy atom. The summed E-state index contributed by atoms with van der Waals surface area (Å²) < 4.78 is 0. The van der Waals surface area contributed by atoms with Crippen molar-refractivity contribution in [3.63, 3.8) is 0 Å². The Kier molecular flexibility index (Phi) is 3.42. The van der Waals surface area contributed by atoms with E-state index in [0.717, 1.165) is 16.6 Å². The van der Waals surface area contributed by atoms with Crippen molar-refractivity contribution in [3.05, 3.63) is 16.1 Å². The molecular formula is C12H20N2S. The van der Waals surface area contributed by atoms with Gasteiger partial charge in [-0.15, -0.1) is 11.3 Å². The fourth-order valence-corrected chi connectivity index (χ4v) is 3.26. The fourth-order valence-electron chi connectivity index (χ4n) is 2.37. The molecule has 0 aromatic carbocycles. The van der Waals surface area contributed by atoms with Gasteiger partial charge >= 0.3 is 0 Å². The molecule has 0 aliphatic heterocycles. The summed E-state index contributed by atoms with van der Waals surface area (Å²) in [6.07, 6.45) is 5.23. The number of nitrogens with two attached hydrogens (primary N) is 1. The van der Waals surface area contributed by atoms with Gasteiger partial charge in [0.2, 0.25) is 0 Å². The van der Waals surface area contributed by atoms with Gasteiger partial charge in [-0.25, -0.2) is 4.98 Å². The number of hydrogen-bond acceptors (Lipinski definition) is 3. The molecule has 1 aliphatic carbocycles. The molecule has 0 bridgehead atoms. The molecule has 2 nitrogen and oxygen atoms in total. The molecule has 1 atom stereocenters. The summed E-state index contributed by atoms with van der Waals surface area (Å²) >= 11 is 1.72. The van der Waals surface area contributed by atoms with Gasteiger partial charge in [0, 0.05) is 11.1 Å². The second-order valence-corrected chi connectivity index (χ2v) is 5.76. The minimum absolute atomic E-state index is 0.177. The lowest BCUT2D eigenvalue weighted by atomic mass is 9.79. The summed E-state index contributed by atoms with van der Waals surface area (Å²) in [6, 6.07) is 0.177. The van der Waals surface area contributed by atoms with Gasteiger partial charge in [-0.2, -0.15) is 0 Å². The van der Waals surface area contributed by atoms with Crippen LogP contribution in [0.2, 0.25) is 0 Å². The predicted molar refractivity (Wildman–Crippen MR) is 64.9 cm³/mol. The molecule has 1 aromatic rings. The Labute approximate surface area is 95.9 Å². The molecule has 1 saturated carbocycles. The third-order valence-electron chi connectivity index (χ3n) is 3.49. The third kappa shape index (κ3) is 2.58. The van der Waals surface area contributed by atoms with Gasteiger partial charge in [-0.3, -0.25) is 0 Å². The smallest absolute Gasteiger partial charge is 0.110 e. The molecule has 84 valence electrons. The minimum atomic E-state index is 0.177. The fraction of sp³-hybridized carbons (Fsp3) is 0.750. The normalized spacial score (nSPS) is 29.0. The topological polar surface area (TPSA) is 38.9 Å². The van der Waals surface area contributed by atoms with Gasteiger partial charge in [0.25, 0.3) is 0 Å². The molecule has 0 amide bonds. The summed E-state index contributed by atoms with van der Waals surface area (Å²) in [5.41, 5.74) is 7.38. The first-order valence-electron chi connectivity index (χ1n) is 5.84. The van der Waals surface area contributed by atoms with E-state index in [9.17, 15) is 0 Å². The zero-order valence-corrected chi connectivity index (χ0v) is 10.4. The van der Waals surface area contributed by atoms with E-state index in [2.05, 4.69) is 17.3 Å². The van der Waals surface area contributed by atoms with Gasteiger partial charge in [-0.05, 0) is 31.6 Å². The van der Waals surface area contributed by atoms with Gasteiger partial charge < -0.3 is 5.73 Å². The lowest BCUT2D eigenvalue weighted by Gasteiger charge is -2.29. The van der Waals surface area contributed by atoms with Gasteiger partial charge in [-0.1, -0.05) is 19.8 Å². The Morgan fingerprint density at radius 3 is 2.60 bits per heavy atom. The number of thiazole rings is 1. The van der Waals surface area contributed by atoms with E-state index in [0.29, 0.717) is 5.92 Å². The summed E-state index contributed by atoms with van der Waals surface area (Å²) in [4.78, 5) is 4.50. The molecule has 1 fully saturated rings. The zero-order chi connectivity index (χ0) is 10.8. The monoisotopic (exact) mass is 224 g/mol. The summed E-state index contributed by atoms with van der Waals surface area (Å²) in [5, 5.41) is 3.23. The van der Waals surface area contributed by atoms with Crippen LogP contribution in [0, 0.1) is 18.8 Å². The van der Waals surface area contributed by atoms with Crippen LogP contribution < -0.4 is 5.73 Å². The van der Waals surface area contributed by atoms with Crippen LogP contribution in [-0.4, -0.2) is 4.98 Å². The van der Waals surface area contributed by atoms with Crippen molar-refractivity contribution in [2.75, 3.05) is 0 Å². The average Bonchev–Trinajstić information content (AvgIpc) is 2.65. The largest absolute Gasteiger partial charge is 0.322 e. The zero-order valence-electron chi connectivity index (χ0n) is 9.57. The Bertz CT molecular complexity index is 313. The number of aromatic nitrogens is 1. The van der Waals surface area contributed by atoms with E-state index in [1.807, 2.05) is 6.92 Å². The van der Waals surface area contributed by atoms with Crippen molar-refractivity contribution in [1.29, 1.82) is 0 Å². The molecule has 1 aliphatic rings. The van der Waals surface area contributed by atoms with Crippen LogP contribution in [0.25, 0.3) is 0 Å². The standard InChI is InChI=1S/C12H20N2S/c1-8-3-5-10(6-4-8)11(13)12-14-9(2)7-15-12/h7-8,10-11H,3-6,13H2,1-2H3. The van der Waals surface area contributed by atoms with Gasteiger partial charge in [0.15, 0.2) is 0 Å². The molecule has 2 N–H and O–H groups in total. The van der Waals surface area contributed by atoms with Crippen LogP contribution in [0.1, 0.15) is 49.4 Å². The SMILES string of the molecule is Cc1csc(C(N)C2CCC(C)CC2)n1. The number of hydrogen-bond donors (Lipinski definition) is 1. The van der Waals surface area contributed by atoms with Crippen molar-refractivity contribution < 1.29 is 0 Å². The van der Waals surface area contributed by atoms with E-state index in [1.54, 1.807) is 11.3 Å². The molecule has 0 radical (unpaired) electrons. The first kappa shape index (κ1) is 11.1. The van der Waals surface area contributed by atoms with Crippen molar-refractivity contribution >= 4 is 11.3 Å². The second-order valence-electron chi connectivity index (χ2n) is 4.87. The van der Waals surface area contributed by atoms with Crippen LogP contribution in [0.5, 0.6) is 0 Å². The summed E-state index contributed by atoms with van der Waals surface area (Å²) in [6.45, 7) is 4.38. The Balaban J connectivity index is 1.99. The van der Waals surface area contributed by atoms with Crippen LogP contribution >= 0.6 is 11.3 Å². The van der Waals surface area contributed by atoms with Crippen LogP contribution in [-0.2, 0) is 0 Å². The van der Waals surface area contributed by atoms with Crippen molar-refractivity contribution in [2.45, 2.75) is 45.6 Å². The molecule has 0 spiro atoms. The van der Waals surface area contributed by atoms with Crippen LogP contribution in [0.3, 0.4) is 0 Å². The van der Waals surface area contributed by atoms with Crippen molar-refractivity contribution in [3.8, 4) is 0 Å². The first-order chi connectivity index (χ1) is 7.16. The highest BCUT2D eigenvalue weighted by molar-refractivity contribution is 7.09. The second kappa shape index (κ2) is 4.62. The average molecular weight is 224 g/mol. The van der Waals surface area contributed by atoms with Crippen LogP contribution in [0.4, 0.5) is 0 Å². The van der Waals surface area contributed by atoms with E-state index in [-0.39, 0.29) is 6.04 Å². The van der Waals surface area contributed by atoms with Crippen molar-refractivity contribution in [2.24, 2.45) is 17.6 Å². The Hall–Kier alpha value is -0.410. The maximum atomic E-state index is 6.28. The molecule has 2 rings (SSSR count). The molecule has 0 saturated heterocycles. The molecule has 1 aromatic heterocycles. The predicted octanol–water partition coefficient (Wildman–Crippen LogP) is 3.28. The van der Waals surface area contributed by atoms with E-state index in [4.69, 9.17) is 5.73 Å². The quantitative estimate of drug-likeness (QED) is 0.837. The minimum Gasteiger partial charge on any atom is -0.322 e. The summed E-state index contributed by atoms with van der Waals surface area (Å²) in [5.74, 6) is 1.55. The molecule has 1 heterocycles. The number of rotatable bonds is 2. The lowest BCUT2D eigenvalue weighted by Crippen LogP contribution is -2.25. The maximum Gasteiger partial charge on any atom is 0.110 e. The highest BCUT2D eigenvalue weighted by atomic mass is 32.1. The van der Waals surface area contributed by atoms with Crippen LogP contribution in [0.15, 0.2) is 5.38 Å². The van der Waals surface area contributed by atoms with E-state index >= 15 is 0 Å². The van der Waals surface area contributed by atoms with Gasteiger partial charge in [0.1, 0.15) is 5.01 Å². The van der Waals surface area contributed by atoms with Crippen molar-refractivity contribution in [1.82, 2.24) is 4.98 Å².